The number of hydrogen-bond donors (Lipinski definition) is 0. The van der Waals surface area contributed by atoms with Crippen molar-refractivity contribution in [2.24, 2.45) is 0 Å². The zero-order valence-electron chi connectivity index (χ0n) is 56.2. The lowest BCUT2D eigenvalue weighted by molar-refractivity contribution is 1.05. The Labute approximate surface area is 596 Å². The summed E-state index contributed by atoms with van der Waals surface area (Å²) in [7, 11) is 0. The highest BCUT2D eigenvalue weighted by Gasteiger charge is 2.32. The van der Waals surface area contributed by atoms with Gasteiger partial charge in [-0.3, -0.25) is 0 Å². The Morgan fingerprint density at radius 2 is 0.413 bits per heavy atom. The van der Waals surface area contributed by atoms with E-state index in [9.17, 15) is 5.26 Å². The van der Waals surface area contributed by atoms with Crippen LogP contribution in [0.25, 0.3) is 198 Å². The van der Waals surface area contributed by atoms with E-state index in [0.29, 0.717) is 5.56 Å². The van der Waals surface area contributed by atoms with Crippen LogP contribution in [0.15, 0.2) is 358 Å². The summed E-state index contributed by atoms with van der Waals surface area (Å²) in [5.74, 6) is 0. The van der Waals surface area contributed by atoms with Gasteiger partial charge in [-0.1, -0.05) is 218 Å². The van der Waals surface area contributed by atoms with Gasteiger partial charge in [0, 0.05) is 81.6 Å². The number of nitriles is 1. The van der Waals surface area contributed by atoms with Crippen LogP contribution < -0.4 is 0 Å². The van der Waals surface area contributed by atoms with E-state index < -0.39 is 0 Å². The summed E-state index contributed by atoms with van der Waals surface area (Å²) < 4.78 is 14.9. The first-order chi connectivity index (χ1) is 51.6. The van der Waals surface area contributed by atoms with Crippen molar-refractivity contribution < 1.29 is 0 Å². The SMILES string of the molecule is N#Cc1ccc(-c2c(-n3c4ccccc4c4ccccc43)c(-n3c4ccccc4c4cc(-c5ccc6c(c5)c5ccccc5n6-c5ccccc5)ccc43)cc(-n3c4ccccc4c4cc(-c5ccc6c(c5)c5ccccc5n6-c5ccccc5)ccc43)c2-n2c3ccccc3c3ccccc32)cc1. The molecule has 0 saturated heterocycles. The van der Waals surface area contributed by atoms with E-state index in [2.05, 4.69) is 379 Å². The van der Waals surface area contributed by atoms with Gasteiger partial charge < -0.3 is 27.4 Å². The summed E-state index contributed by atoms with van der Waals surface area (Å²) in [5, 5.41) is 24.7. The molecule has 0 atom stereocenters. The molecule has 482 valence electrons. The van der Waals surface area contributed by atoms with Crippen molar-refractivity contribution in [3.8, 4) is 73.6 Å². The number of benzene rings is 16. The molecule has 6 heterocycles. The van der Waals surface area contributed by atoms with Gasteiger partial charge in [0.2, 0.25) is 0 Å². The van der Waals surface area contributed by atoms with Crippen LogP contribution in [0, 0.1) is 11.3 Å². The highest BCUT2D eigenvalue weighted by atomic mass is 15.1. The molecular weight excluding hydrogens is 1260 g/mol. The molecule has 0 fully saturated rings. The van der Waals surface area contributed by atoms with E-state index in [1.165, 1.54) is 43.6 Å². The van der Waals surface area contributed by atoms with E-state index in [1.54, 1.807) is 0 Å². The van der Waals surface area contributed by atoms with E-state index >= 15 is 0 Å². The van der Waals surface area contributed by atoms with E-state index in [0.717, 1.165) is 155 Å². The molecular formula is C97H59N7. The minimum absolute atomic E-state index is 0.584. The standard InChI is InChI=1S/C97H59N7/c98-60-61-43-45-62(46-44-61)95-96(103-85-39-19-7-27-69(85)70-28-8-20-40-86(70)103)93(101-83-37-17-13-33-75(83)79-57-65(49-53-91(79)101)63-47-51-89-77(55-63)73-31-11-15-35-81(73)99(89)67-23-3-1-4-24-67)59-94(97(95)104-87-41-21-9-29-71(87)72-30-10-22-42-88(72)104)102-84-38-18-14-34-76(84)80-58-66(50-54-92(80)102)64-48-52-90-78(56-64)74-32-12-16-36-82(74)100(90)68-25-5-2-6-26-68/h1-59H. The Balaban J connectivity index is 0.878. The first-order valence-electron chi connectivity index (χ1n) is 35.5. The van der Waals surface area contributed by atoms with E-state index in [1.807, 2.05) is 12.1 Å². The second-order valence-corrected chi connectivity index (χ2v) is 27.4. The van der Waals surface area contributed by atoms with Crippen molar-refractivity contribution in [3.63, 3.8) is 0 Å². The maximum atomic E-state index is 10.7. The van der Waals surface area contributed by atoms with Crippen LogP contribution in [0.2, 0.25) is 0 Å². The molecule has 0 N–H and O–H groups in total. The highest BCUT2D eigenvalue weighted by Crippen LogP contribution is 2.51. The van der Waals surface area contributed by atoms with Gasteiger partial charge in [-0.2, -0.15) is 5.26 Å². The summed E-state index contributed by atoms with van der Waals surface area (Å²) in [4.78, 5) is 0. The molecule has 0 aliphatic heterocycles. The smallest absolute Gasteiger partial charge is 0.0991 e. The van der Waals surface area contributed by atoms with Crippen LogP contribution in [-0.2, 0) is 0 Å². The molecule has 0 spiro atoms. The van der Waals surface area contributed by atoms with Gasteiger partial charge in [-0.25, -0.2) is 0 Å². The fraction of sp³-hybridized carbons (Fsp3) is 0. The Bertz CT molecular complexity index is 6890. The number of rotatable bonds is 9. The van der Waals surface area contributed by atoms with Crippen LogP contribution in [0.3, 0.4) is 0 Å². The average molecular weight is 1320 g/mol. The number of fused-ring (bicyclic) bond motifs is 18. The summed E-state index contributed by atoms with van der Waals surface area (Å²) in [6.45, 7) is 0. The van der Waals surface area contributed by atoms with Crippen LogP contribution in [0.4, 0.5) is 0 Å². The van der Waals surface area contributed by atoms with E-state index in [4.69, 9.17) is 0 Å². The van der Waals surface area contributed by atoms with Gasteiger partial charge in [0.15, 0.2) is 0 Å². The molecule has 104 heavy (non-hydrogen) atoms. The molecule has 7 heteroatoms. The Hall–Kier alpha value is -14.2. The van der Waals surface area contributed by atoms with Gasteiger partial charge in [0.1, 0.15) is 0 Å². The third-order valence-corrected chi connectivity index (χ3v) is 22.0. The predicted molar refractivity (Wildman–Crippen MR) is 433 cm³/mol. The minimum Gasteiger partial charge on any atom is -0.309 e. The fourth-order valence-corrected chi connectivity index (χ4v) is 17.6. The largest absolute Gasteiger partial charge is 0.309 e. The molecule has 0 radical (unpaired) electrons. The van der Waals surface area contributed by atoms with Crippen LogP contribution in [0.5, 0.6) is 0 Å². The molecule has 6 aromatic heterocycles. The maximum absolute atomic E-state index is 10.7. The van der Waals surface area contributed by atoms with Crippen molar-refractivity contribution >= 4 is 131 Å². The third-order valence-electron chi connectivity index (χ3n) is 22.0. The normalized spacial score (nSPS) is 12.0. The van der Waals surface area contributed by atoms with Gasteiger partial charge in [0.05, 0.1) is 101 Å². The lowest BCUT2D eigenvalue weighted by Gasteiger charge is -2.28. The quantitative estimate of drug-likeness (QED) is 0.142. The second kappa shape index (κ2) is 22.4. The lowest BCUT2D eigenvalue weighted by atomic mass is 9.96. The molecule has 16 aromatic carbocycles. The Morgan fingerprint density at radius 1 is 0.183 bits per heavy atom. The summed E-state index contributed by atoms with van der Waals surface area (Å²) in [6.07, 6.45) is 0. The predicted octanol–water partition coefficient (Wildman–Crippen LogP) is 25.1. The van der Waals surface area contributed by atoms with Crippen molar-refractivity contribution in [2.45, 2.75) is 0 Å². The molecule has 0 aliphatic carbocycles. The third kappa shape index (κ3) is 8.33. The molecule has 0 aliphatic rings. The molecule has 22 rings (SSSR count). The van der Waals surface area contributed by atoms with E-state index in [-0.39, 0.29) is 0 Å². The van der Waals surface area contributed by atoms with Crippen molar-refractivity contribution in [1.82, 2.24) is 27.4 Å². The summed E-state index contributed by atoms with van der Waals surface area (Å²) in [6, 6.07) is 134. The van der Waals surface area contributed by atoms with Crippen molar-refractivity contribution in [2.75, 3.05) is 0 Å². The molecule has 0 saturated carbocycles. The highest BCUT2D eigenvalue weighted by molar-refractivity contribution is 6.19. The number of nitrogens with zero attached hydrogens (tertiary/aromatic N) is 7. The number of aromatic nitrogens is 6. The average Bonchev–Trinajstić information content (AvgIpc) is 1.48. The van der Waals surface area contributed by atoms with Crippen LogP contribution in [-0.4, -0.2) is 27.4 Å². The monoisotopic (exact) mass is 1320 g/mol. The first-order valence-corrected chi connectivity index (χ1v) is 35.5. The number of hydrogen-bond acceptors (Lipinski definition) is 1. The van der Waals surface area contributed by atoms with Gasteiger partial charge in [0.25, 0.3) is 0 Å². The number of para-hydroxylation sites is 10. The van der Waals surface area contributed by atoms with Gasteiger partial charge in [-0.15, -0.1) is 0 Å². The van der Waals surface area contributed by atoms with Crippen LogP contribution >= 0.6 is 0 Å². The fourth-order valence-electron chi connectivity index (χ4n) is 17.6. The summed E-state index contributed by atoms with van der Waals surface area (Å²) in [5.41, 5.74) is 26.6. The topological polar surface area (TPSA) is 53.4 Å². The lowest BCUT2D eigenvalue weighted by Crippen LogP contribution is -2.13. The molecule has 0 amide bonds. The molecule has 0 bridgehead atoms. The molecule has 7 nitrogen and oxygen atoms in total. The zero-order chi connectivity index (χ0) is 68.3. The molecule has 0 unspecified atom stereocenters. The molecule has 22 aromatic rings. The Kier molecular flexibility index (Phi) is 12.4. The minimum atomic E-state index is 0.584. The van der Waals surface area contributed by atoms with Gasteiger partial charge >= 0.3 is 0 Å². The van der Waals surface area contributed by atoms with Crippen LogP contribution in [0.1, 0.15) is 5.56 Å². The van der Waals surface area contributed by atoms with Crippen molar-refractivity contribution in [3.05, 3.63) is 363 Å². The first kappa shape index (κ1) is 57.7. The maximum Gasteiger partial charge on any atom is 0.0991 e. The summed E-state index contributed by atoms with van der Waals surface area (Å²) >= 11 is 0. The Morgan fingerprint density at radius 3 is 0.712 bits per heavy atom. The van der Waals surface area contributed by atoms with Gasteiger partial charge in [-0.05, 0) is 167 Å². The van der Waals surface area contributed by atoms with Crippen molar-refractivity contribution in [1.29, 1.82) is 5.26 Å². The zero-order valence-corrected chi connectivity index (χ0v) is 56.2. The second-order valence-electron chi connectivity index (χ2n) is 27.4.